The van der Waals surface area contributed by atoms with Crippen LogP contribution in [0.2, 0.25) is 0 Å². The van der Waals surface area contributed by atoms with Crippen molar-refractivity contribution in [3.63, 3.8) is 0 Å². The van der Waals surface area contributed by atoms with Gasteiger partial charge >= 0.3 is 0 Å². The largest absolute Gasteiger partial charge is 0.387 e. The van der Waals surface area contributed by atoms with Crippen LogP contribution in [0.4, 0.5) is 0 Å². The standard InChI is InChI=1S/C17H20N2O2/c18-15(13-7-3-1-4-8-13)11-17(21)19-12-16(20)14-9-5-2-6-10-14/h1-10,15-16,20H,11-12,18H2,(H,19,21). The molecule has 2 aromatic rings. The van der Waals surface area contributed by atoms with Crippen LogP contribution in [0.1, 0.15) is 29.7 Å². The highest BCUT2D eigenvalue weighted by Gasteiger charge is 2.13. The van der Waals surface area contributed by atoms with E-state index >= 15 is 0 Å². The number of aliphatic hydroxyl groups excluding tert-OH is 1. The van der Waals surface area contributed by atoms with Crippen molar-refractivity contribution in [3.8, 4) is 0 Å². The molecule has 0 bridgehead atoms. The molecule has 0 radical (unpaired) electrons. The predicted octanol–water partition coefficient (Wildman–Crippen LogP) is 1.93. The number of benzene rings is 2. The van der Waals surface area contributed by atoms with E-state index in [0.29, 0.717) is 0 Å². The molecule has 0 aliphatic rings. The van der Waals surface area contributed by atoms with Crippen LogP contribution in [0.3, 0.4) is 0 Å². The summed E-state index contributed by atoms with van der Waals surface area (Å²) in [5.41, 5.74) is 7.70. The SMILES string of the molecule is NC(CC(=O)NCC(O)c1ccccc1)c1ccccc1. The van der Waals surface area contributed by atoms with Gasteiger partial charge in [0.25, 0.3) is 0 Å². The van der Waals surface area contributed by atoms with E-state index < -0.39 is 6.10 Å². The average molecular weight is 284 g/mol. The van der Waals surface area contributed by atoms with E-state index in [9.17, 15) is 9.90 Å². The molecule has 2 rings (SSSR count). The first-order valence-corrected chi connectivity index (χ1v) is 6.97. The molecule has 1 amide bonds. The Morgan fingerprint density at radius 3 is 2.10 bits per heavy atom. The van der Waals surface area contributed by atoms with Crippen LogP contribution in [0.15, 0.2) is 60.7 Å². The fourth-order valence-electron chi connectivity index (χ4n) is 2.09. The van der Waals surface area contributed by atoms with E-state index in [1.807, 2.05) is 60.7 Å². The summed E-state index contributed by atoms with van der Waals surface area (Å²) in [6, 6.07) is 18.4. The highest BCUT2D eigenvalue weighted by Crippen LogP contribution is 2.14. The average Bonchev–Trinajstić information content (AvgIpc) is 2.54. The molecule has 2 atom stereocenters. The van der Waals surface area contributed by atoms with Crippen LogP contribution in [0, 0.1) is 0 Å². The number of nitrogens with two attached hydrogens (primary N) is 1. The van der Waals surface area contributed by atoms with Gasteiger partial charge in [-0.2, -0.15) is 0 Å². The number of rotatable bonds is 6. The van der Waals surface area contributed by atoms with Gasteiger partial charge in [0.2, 0.25) is 5.91 Å². The number of hydrogen-bond acceptors (Lipinski definition) is 3. The van der Waals surface area contributed by atoms with Gasteiger partial charge in [0.15, 0.2) is 0 Å². The van der Waals surface area contributed by atoms with Crippen molar-refractivity contribution >= 4 is 5.91 Å². The summed E-state index contributed by atoms with van der Waals surface area (Å²) in [6.07, 6.45) is -0.506. The zero-order chi connectivity index (χ0) is 15.1. The van der Waals surface area contributed by atoms with Gasteiger partial charge in [0.1, 0.15) is 0 Å². The number of amides is 1. The molecule has 0 aliphatic heterocycles. The molecule has 4 nitrogen and oxygen atoms in total. The van der Waals surface area contributed by atoms with Gasteiger partial charge in [0.05, 0.1) is 6.10 Å². The van der Waals surface area contributed by atoms with Crippen molar-refractivity contribution in [2.45, 2.75) is 18.6 Å². The summed E-state index contributed by atoms with van der Waals surface area (Å²) in [4.78, 5) is 11.9. The van der Waals surface area contributed by atoms with E-state index in [-0.39, 0.29) is 24.9 Å². The summed E-state index contributed by atoms with van der Waals surface area (Å²) < 4.78 is 0. The first-order chi connectivity index (χ1) is 10.2. The van der Waals surface area contributed by atoms with E-state index in [1.165, 1.54) is 0 Å². The summed E-state index contributed by atoms with van der Waals surface area (Å²) in [6.45, 7) is 0.185. The molecule has 0 saturated carbocycles. The smallest absolute Gasteiger partial charge is 0.222 e. The second kappa shape index (κ2) is 7.57. The fraction of sp³-hybridized carbons (Fsp3) is 0.235. The molecular weight excluding hydrogens is 264 g/mol. The van der Waals surface area contributed by atoms with Crippen LogP contribution in [-0.4, -0.2) is 17.6 Å². The Kier molecular flexibility index (Phi) is 5.49. The van der Waals surface area contributed by atoms with Crippen molar-refractivity contribution < 1.29 is 9.90 Å². The second-order valence-electron chi connectivity index (χ2n) is 4.95. The van der Waals surface area contributed by atoms with Gasteiger partial charge in [0, 0.05) is 19.0 Å². The number of nitrogens with one attached hydrogen (secondary N) is 1. The molecule has 2 unspecified atom stereocenters. The first kappa shape index (κ1) is 15.2. The highest BCUT2D eigenvalue weighted by molar-refractivity contribution is 5.76. The molecule has 0 fully saturated rings. The third kappa shape index (κ3) is 4.70. The number of carbonyl (C=O) groups is 1. The maximum absolute atomic E-state index is 11.9. The van der Waals surface area contributed by atoms with Crippen LogP contribution >= 0.6 is 0 Å². The normalized spacial score (nSPS) is 13.4. The minimum atomic E-state index is -0.705. The van der Waals surface area contributed by atoms with Gasteiger partial charge < -0.3 is 16.2 Å². The van der Waals surface area contributed by atoms with E-state index in [2.05, 4.69) is 5.32 Å². The van der Waals surface area contributed by atoms with Crippen molar-refractivity contribution in [2.75, 3.05) is 6.54 Å². The Hall–Kier alpha value is -2.17. The molecule has 0 saturated heterocycles. The molecule has 110 valence electrons. The van der Waals surface area contributed by atoms with Crippen LogP contribution < -0.4 is 11.1 Å². The number of carbonyl (C=O) groups excluding carboxylic acids is 1. The van der Waals surface area contributed by atoms with E-state index in [0.717, 1.165) is 11.1 Å². The molecule has 0 spiro atoms. The minimum absolute atomic E-state index is 0.165. The zero-order valence-electron chi connectivity index (χ0n) is 11.8. The Labute approximate surface area is 124 Å². The minimum Gasteiger partial charge on any atom is -0.387 e. The lowest BCUT2D eigenvalue weighted by atomic mass is 10.0. The quantitative estimate of drug-likeness (QED) is 0.758. The summed E-state index contributed by atoms with van der Waals surface area (Å²) in [5.74, 6) is -0.165. The van der Waals surface area contributed by atoms with E-state index in [4.69, 9.17) is 5.73 Å². The van der Waals surface area contributed by atoms with Crippen LogP contribution in [-0.2, 0) is 4.79 Å². The lowest BCUT2D eigenvalue weighted by Gasteiger charge is -2.15. The van der Waals surface area contributed by atoms with Crippen molar-refractivity contribution in [1.29, 1.82) is 0 Å². The van der Waals surface area contributed by atoms with E-state index in [1.54, 1.807) is 0 Å². The molecule has 0 heterocycles. The molecule has 0 aromatic heterocycles. The summed E-state index contributed by atoms with van der Waals surface area (Å²) in [7, 11) is 0. The maximum Gasteiger partial charge on any atom is 0.222 e. The van der Waals surface area contributed by atoms with Crippen molar-refractivity contribution in [1.82, 2.24) is 5.32 Å². The molecule has 0 aliphatic carbocycles. The molecule has 4 heteroatoms. The summed E-state index contributed by atoms with van der Waals surface area (Å²) >= 11 is 0. The molecule has 21 heavy (non-hydrogen) atoms. The van der Waals surface area contributed by atoms with Crippen LogP contribution in [0.5, 0.6) is 0 Å². The molecule has 2 aromatic carbocycles. The Balaban J connectivity index is 1.80. The van der Waals surface area contributed by atoms with Crippen molar-refractivity contribution in [3.05, 3.63) is 71.8 Å². The highest BCUT2D eigenvalue weighted by atomic mass is 16.3. The molecular formula is C17H20N2O2. The lowest BCUT2D eigenvalue weighted by Crippen LogP contribution is -2.31. The Morgan fingerprint density at radius 2 is 1.52 bits per heavy atom. The van der Waals surface area contributed by atoms with Gasteiger partial charge in [-0.05, 0) is 11.1 Å². The summed E-state index contributed by atoms with van der Waals surface area (Å²) in [5, 5.41) is 12.7. The monoisotopic (exact) mass is 284 g/mol. The maximum atomic E-state index is 11.9. The Morgan fingerprint density at radius 1 is 1.00 bits per heavy atom. The predicted molar refractivity (Wildman–Crippen MR) is 82.4 cm³/mol. The molecule has 4 N–H and O–H groups in total. The second-order valence-corrected chi connectivity index (χ2v) is 4.95. The Bertz CT molecular complexity index is 558. The third-order valence-corrected chi connectivity index (χ3v) is 3.31. The van der Waals surface area contributed by atoms with Gasteiger partial charge in [-0.15, -0.1) is 0 Å². The van der Waals surface area contributed by atoms with Gasteiger partial charge in [-0.25, -0.2) is 0 Å². The third-order valence-electron chi connectivity index (χ3n) is 3.31. The fourth-order valence-corrected chi connectivity index (χ4v) is 2.09. The number of hydrogen-bond donors (Lipinski definition) is 3. The zero-order valence-corrected chi connectivity index (χ0v) is 11.8. The van der Waals surface area contributed by atoms with Crippen molar-refractivity contribution in [2.24, 2.45) is 5.73 Å². The van der Waals surface area contributed by atoms with Gasteiger partial charge in [-0.1, -0.05) is 60.7 Å². The lowest BCUT2D eigenvalue weighted by molar-refractivity contribution is -0.121. The first-order valence-electron chi connectivity index (χ1n) is 6.97. The topological polar surface area (TPSA) is 75.4 Å². The number of aliphatic hydroxyl groups is 1. The van der Waals surface area contributed by atoms with Crippen LogP contribution in [0.25, 0.3) is 0 Å². The van der Waals surface area contributed by atoms with Gasteiger partial charge in [-0.3, -0.25) is 4.79 Å².